The molecule has 0 aromatic carbocycles. The van der Waals surface area contributed by atoms with Gasteiger partial charge >= 0.3 is 10.4 Å². The molecule has 0 aliphatic heterocycles. The van der Waals surface area contributed by atoms with Crippen molar-refractivity contribution in [1.82, 2.24) is 0 Å². The van der Waals surface area contributed by atoms with Gasteiger partial charge in [0.05, 0.1) is 6.61 Å². The Balaban J connectivity index is 0. The summed E-state index contributed by atoms with van der Waals surface area (Å²) in [6.07, 6.45) is 0. The molecular weight excluding hydrogens is 170 g/mol. The van der Waals surface area contributed by atoms with Gasteiger partial charge in [-0.15, -0.1) is 0 Å². The molecule has 0 aliphatic carbocycles. The smallest absolute Gasteiger partial charge is 0.346 e. The lowest BCUT2D eigenvalue weighted by Gasteiger charge is -1.97. The summed E-state index contributed by atoms with van der Waals surface area (Å²) in [7, 11) is -3.74. The molecular formula is C5H15NO4S. The van der Waals surface area contributed by atoms with Crippen LogP contribution in [0.25, 0.3) is 0 Å². The first-order chi connectivity index (χ1) is 5.12. The van der Waals surface area contributed by atoms with E-state index in [1.54, 1.807) is 13.8 Å². The zero-order valence-electron chi connectivity index (χ0n) is 6.87. The van der Waals surface area contributed by atoms with E-state index < -0.39 is 10.4 Å². The van der Waals surface area contributed by atoms with E-state index in [1.165, 1.54) is 0 Å². The van der Waals surface area contributed by atoms with Gasteiger partial charge in [-0.3, -0.25) is 0 Å². The molecule has 0 rings (SSSR count). The van der Waals surface area contributed by atoms with Crippen molar-refractivity contribution in [3.63, 3.8) is 0 Å². The Hall–Kier alpha value is -0.170. The van der Waals surface area contributed by atoms with Crippen LogP contribution < -0.4 is 5.73 Å². The van der Waals surface area contributed by atoms with Gasteiger partial charge < -0.3 is 12.7 Å². The fraction of sp³-hybridized carbons (Fsp3) is 0.800. The average Bonchev–Trinajstić information content (AvgIpc) is 1.91. The second-order valence-corrected chi connectivity index (χ2v) is 2.42. The summed E-state index contributed by atoms with van der Waals surface area (Å²) in [5.74, 6) is 0. The molecule has 5 nitrogen and oxygen atoms in total. The highest BCUT2D eigenvalue weighted by molar-refractivity contribution is 7.81. The second kappa shape index (κ2) is 7.93. The molecule has 3 N–H and O–H groups in total. The molecule has 0 bridgehead atoms. The summed E-state index contributed by atoms with van der Waals surface area (Å²) in [5, 5.41) is 0. The van der Waals surface area contributed by atoms with E-state index in [2.05, 4.69) is 21.0 Å². The lowest BCUT2D eigenvalue weighted by atomic mass is 10.9. The molecule has 0 unspecified atom stereocenters. The Morgan fingerprint density at radius 2 is 1.82 bits per heavy atom. The van der Waals surface area contributed by atoms with Crippen LogP contribution in [-0.4, -0.2) is 21.8 Å². The van der Waals surface area contributed by atoms with E-state index in [0.29, 0.717) is 0 Å². The number of hydrogen-bond donors (Lipinski definition) is 1. The van der Waals surface area contributed by atoms with Crippen molar-refractivity contribution in [2.45, 2.75) is 13.8 Å². The zero-order valence-corrected chi connectivity index (χ0v) is 7.69. The Morgan fingerprint density at radius 3 is 2.09 bits per heavy atom. The van der Waals surface area contributed by atoms with Crippen LogP contribution in [-0.2, 0) is 18.8 Å². The molecule has 0 saturated carbocycles. The zero-order chi connectivity index (χ0) is 9.33. The minimum Gasteiger partial charge on any atom is -0.346 e. The van der Waals surface area contributed by atoms with Crippen LogP contribution in [0.1, 0.15) is 13.8 Å². The third kappa shape index (κ3) is 9.83. The largest absolute Gasteiger partial charge is 0.404 e. The molecule has 0 heterocycles. The minimum absolute atomic E-state index is 0.0856. The number of quaternary nitrogens is 1. The summed E-state index contributed by atoms with van der Waals surface area (Å²) in [5.41, 5.74) is 3.17. The third-order valence-corrected chi connectivity index (χ3v) is 1.47. The maximum Gasteiger partial charge on any atom is 0.404 e. The summed E-state index contributed by atoms with van der Waals surface area (Å²) >= 11 is 0. The predicted molar refractivity (Wildman–Crippen MR) is 40.4 cm³/mol. The van der Waals surface area contributed by atoms with Crippen molar-refractivity contribution in [3.8, 4) is 0 Å². The van der Waals surface area contributed by atoms with Gasteiger partial charge in [0.2, 0.25) is 0 Å². The van der Waals surface area contributed by atoms with Crippen LogP contribution in [0.4, 0.5) is 0 Å². The van der Waals surface area contributed by atoms with Crippen LogP contribution in [0.2, 0.25) is 0 Å². The van der Waals surface area contributed by atoms with Crippen molar-refractivity contribution in [3.05, 3.63) is 6.92 Å². The first-order valence-electron chi connectivity index (χ1n) is 3.16. The van der Waals surface area contributed by atoms with Crippen LogP contribution in [0, 0.1) is 6.92 Å². The highest BCUT2D eigenvalue weighted by atomic mass is 32.3. The van der Waals surface area contributed by atoms with E-state index in [-0.39, 0.29) is 13.3 Å². The molecule has 0 aromatic rings. The van der Waals surface area contributed by atoms with Crippen LogP contribution in [0.3, 0.4) is 0 Å². The Kier molecular flexibility index (Phi) is 9.68. The van der Waals surface area contributed by atoms with Crippen LogP contribution in [0.5, 0.6) is 0 Å². The van der Waals surface area contributed by atoms with Crippen molar-refractivity contribution in [1.29, 1.82) is 0 Å². The summed E-state index contributed by atoms with van der Waals surface area (Å²) < 4.78 is 29.0. The van der Waals surface area contributed by atoms with Crippen LogP contribution >= 0.6 is 0 Å². The van der Waals surface area contributed by atoms with Gasteiger partial charge in [0, 0.05) is 0 Å². The average molecular weight is 185 g/mol. The van der Waals surface area contributed by atoms with Crippen molar-refractivity contribution < 1.29 is 22.5 Å². The lowest BCUT2D eigenvalue weighted by molar-refractivity contribution is -0.413. The highest BCUT2D eigenvalue weighted by Crippen LogP contribution is 1.91. The summed E-state index contributed by atoms with van der Waals surface area (Å²) in [4.78, 5) is 0. The summed E-state index contributed by atoms with van der Waals surface area (Å²) in [6, 6.07) is 0. The van der Waals surface area contributed by atoms with E-state index in [1.807, 2.05) is 0 Å². The van der Waals surface area contributed by atoms with Gasteiger partial charge in [-0.25, -0.2) is 4.18 Å². The Labute approximate surface area is 67.8 Å². The minimum atomic E-state index is -3.74. The molecule has 11 heavy (non-hydrogen) atoms. The van der Waals surface area contributed by atoms with Gasteiger partial charge in [0.1, 0.15) is 0 Å². The second-order valence-electron chi connectivity index (χ2n) is 1.14. The third-order valence-electron chi connectivity index (χ3n) is 0.490. The quantitative estimate of drug-likeness (QED) is 0.465. The monoisotopic (exact) mass is 185 g/mol. The topological polar surface area (TPSA) is 80.2 Å². The lowest BCUT2D eigenvalue weighted by Crippen LogP contribution is -2.52. The van der Waals surface area contributed by atoms with E-state index in [0.717, 1.165) is 0 Å². The SMILES string of the molecule is CCOS(=O)(=O)OC[NH3+].[CH2-]C. The van der Waals surface area contributed by atoms with E-state index in [4.69, 9.17) is 0 Å². The van der Waals surface area contributed by atoms with Gasteiger partial charge in [-0.05, 0) is 6.92 Å². The highest BCUT2D eigenvalue weighted by Gasteiger charge is 2.08. The van der Waals surface area contributed by atoms with E-state index in [9.17, 15) is 8.42 Å². The Morgan fingerprint density at radius 1 is 1.36 bits per heavy atom. The van der Waals surface area contributed by atoms with Gasteiger partial charge in [0.25, 0.3) is 0 Å². The van der Waals surface area contributed by atoms with Gasteiger partial charge in [-0.2, -0.15) is 19.5 Å². The predicted octanol–water partition coefficient (Wildman–Crippen LogP) is -0.676. The molecule has 0 amide bonds. The summed E-state index contributed by atoms with van der Waals surface area (Å²) in [6.45, 7) is 6.51. The molecule has 0 saturated heterocycles. The first kappa shape index (κ1) is 13.4. The molecule has 0 spiro atoms. The molecule has 6 heteroatoms. The molecule has 70 valence electrons. The Bertz CT molecular complexity index is 142. The van der Waals surface area contributed by atoms with Crippen molar-refractivity contribution in [2.24, 2.45) is 0 Å². The molecule has 0 aliphatic rings. The standard InChI is InChI=1S/C3H9NO4S.C2H5/c1-2-7-9(5,6)8-3-4;1-2/h2-4H2,1H3;1H2,2H3/q;-1/p+1. The fourth-order valence-electron chi connectivity index (χ4n) is 0.280. The normalized spacial score (nSPS) is 10.2. The molecule has 0 aromatic heterocycles. The van der Waals surface area contributed by atoms with Crippen LogP contribution in [0.15, 0.2) is 0 Å². The molecule has 0 atom stereocenters. The maximum atomic E-state index is 10.3. The number of rotatable bonds is 4. The van der Waals surface area contributed by atoms with E-state index >= 15 is 0 Å². The maximum absolute atomic E-state index is 10.3. The number of hydrogen-bond acceptors (Lipinski definition) is 4. The molecule has 0 radical (unpaired) electrons. The first-order valence-corrected chi connectivity index (χ1v) is 4.49. The van der Waals surface area contributed by atoms with Crippen molar-refractivity contribution in [2.75, 3.05) is 13.3 Å². The molecule has 0 fully saturated rings. The van der Waals surface area contributed by atoms with Gasteiger partial charge in [-0.1, -0.05) is 0 Å². The van der Waals surface area contributed by atoms with Crippen molar-refractivity contribution >= 4 is 10.4 Å². The van der Waals surface area contributed by atoms with Gasteiger partial charge in [0.15, 0.2) is 6.73 Å². The fourth-order valence-corrected chi connectivity index (χ4v) is 0.841.